The van der Waals surface area contributed by atoms with E-state index in [9.17, 15) is 27.9 Å². The number of hydrogen-bond acceptors (Lipinski definition) is 4. The summed E-state index contributed by atoms with van der Waals surface area (Å²) in [7, 11) is -2.63. The van der Waals surface area contributed by atoms with Crippen LogP contribution in [-0.4, -0.2) is 60.4 Å². The van der Waals surface area contributed by atoms with E-state index in [1.165, 1.54) is 0 Å². The highest BCUT2D eigenvalue weighted by atomic mass is 28.4. The summed E-state index contributed by atoms with van der Waals surface area (Å²) >= 11 is 0. The second-order valence-electron chi connectivity index (χ2n) is 8.19. The van der Waals surface area contributed by atoms with Crippen molar-refractivity contribution in [1.82, 2.24) is 4.90 Å². The van der Waals surface area contributed by atoms with Gasteiger partial charge in [-0.2, -0.15) is 13.2 Å². The molecule has 1 aliphatic rings. The molecule has 0 bridgehead atoms. The summed E-state index contributed by atoms with van der Waals surface area (Å²) in [6.07, 6.45) is -7.05. The predicted octanol–water partition coefficient (Wildman–Crippen LogP) is 3.62. The number of halogens is 3. The lowest BCUT2D eigenvalue weighted by Crippen LogP contribution is -2.64. The maximum atomic E-state index is 13.7. The molecule has 0 aromatic rings. The van der Waals surface area contributed by atoms with E-state index < -0.39 is 63.2 Å². The van der Waals surface area contributed by atoms with E-state index in [-0.39, 0.29) is 0 Å². The Kier molecular flexibility index (Phi) is 5.90. The third kappa shape index (κ3) is 5.60. The number of likely N-dealkylation sites (tertiary alicyclic amines) is 1. The molecule has 1 heterocycles. The van der Waals surface area contributed by atoms with Crippen LogP contribution in [0.5, 0.6) is 0 Å². The van der Waals surface area contributed by atoms with Crippen molar-refractivity contribution < 1.29 is 37.0 Å². The Morgan fingerprint density at radius 3 is 2.08 bits per heavy atom. The van der Waals surface area contributed by atoms with E-state index in [4.69, 9.17) is 9.16 Å². The van der Waals surface area contributed by atoms with Crippen molar-refractivity contribution in [3.63, 3.8) is 0 Å². The van der Waals surface area contributed by atoms with Crippen LogP contribution in [0.25, 0.3) is 0 Å². The van der Waals surface area contributed by atoms with Crippen LogP contribution in [0.15, 0.2) is 0 Å². The van der Waals surface area contributed by atoms with Gasteiger partial charge in [-0.05, 0) is 40.4 Å². The lowest BCUT2D eigenvalue weighted by atomic mass is 9.86. The first-order chi connectivity index (χ1) is 11.0. The molecule has 146 valence electrons. The second kappa shape index (κ2) is 6.79. The molecule has 10 heteroatoms. The fraction of sp³-hybridized carbons (Fsp3) is 0.867. The molecule has 0 aromatic carbocycles. The van der Waals surface area contributed by atoms with Crippen LogP contribution >= 0.6 is 0 Å². The fourth-order valence-corrected chi connectivity index (χ4v) is 4.21. The minimum atomic E-state index is -4.74. The molecule has 2 atom stereocenters. The number of ether oxygens (including phenoxy) is 1. The third-order valence-electron chi connectivity index (χ3n) is 3.59. The van der Waals surface area contributed by atoms with E-state index in [0.717, 1.165) is 4.90 Å². The number of carbonyl (C=O) groups excluding carboxylic acids is 1. The van der Waals surface area contributed by atoms with Crippen LogP contribution in [0.3, 0.4) is 0 Å². The number of carboxylic acids is 1. The monoisotopic (exact) mass is 385 g/mol. The lowest BCUT2D eigenvalue weighted by molar-refractivity contribution is -0.268. The van der Waals surface area contributed by atoms with Gasteiger partial charge >= 0.3 is 18.2 Å². The average Bonchev–Trinajstić information content (AvgIpc) is 2.32. The Balaban J connectivity index is 3.17. The summed E-state index contributed by atoms with van der Waals surface area (Å²) in [6.45, 7) is 9.20. The van der Waals surface area contributed by atoms with Crippen molar-refractivity contribution in [3.8, 4) is 0 Å². The molecular formula is C15H26F3NO5Si. The number of rotatable bonds is 3. The predicted molar refractivity (Wildman–Crippen MR) is 86.8 cm³/mol. The third-order valence-corrected chi connectivity index (χ3v) is 4.59. The van der Waals surface area contributed by atoms with Gasteiger partial charge in [0.2, 0.25) is 0 Å². The number of hydrogen-bond donors (Lipinski definition) is 1. The Morgan fingerprint density at radius 2 is 1.72 bits per heavy atom. The highest BCUT2D eigenvalue weighted by molar-refractivity contribution is 6.69. The van der Waals surface area contributed by atoms with Gasteiger partial charge in [-0.15, -0.1) is 0 Å². The summed E-state index contributed by atoms with van der Waals surface area (Å²) in [6, 6.07) is -1.67. The molecule has 1 rings (SSSR count). The first-order valence-corrected chi connectivity index (χ1v) is 11.4. The quantitative estimate of drug-likeness (QED) is 0.751. The number of piperidine rings is 1. The minimum Gasteiger partial charge on any atom is -0.480 e. The lowest BCUT2D eigenvalue weighted by Gasteiger charge is -2.47. The highest BCUT2D eigenvalue weighted by Gasteiger charge is 2.62. The van der Waals surface area contributed by atoms with Crippen molar-refractivity contribution in [3.05, 3.63) is 0 Å². The van der Waals surface area contributed by atoms with E-state index in [2.05, 4.69) is 0 Å². The Morgan fingerprint density at radius 1 is 1.20 bits per heavy atom. The van der Waals surface area contributed by atoms with Gasteiger partial charge < -0.3 is 14.3 Å². The first kappa shape index (κ1) is 21.7. The fourth-order valence-electron chi connectivity index (χ4n) is 2.74. The van der Waals surface area contributed by atoms with Gasteiger partial charge in [-0.3, -0.25) is 4.90 Å². The zero-order valence-corrected chi connectivity index (χ0v) is 16.4. The zero-order valence-electron chi connectivity index (χ0n) is 15.4. The summed E-state index contributed by atoms with van der Waals surface area (Å²) in [4.78, 5) is 24.6. The van der Waals surface area contributed by atoms with E-state index in [1.807, 2.05) is 0 Å². The zero-order chi connectivity index (χ0) is 19.8. The molecule has 0 radical (unpaired) electrons. The van der Waals surface area contributed by atoms with Crippen molar-refractivity contribution >= 4 is 20.4 Å². The summed E-state index contributed by atoms with van der Waals surface area (Å²) < 4.78 is 51.7. The van der Waals surface area contributed by atoms with Gasteiger partial charge in [0.05, 0.1) is 0 Å². The molecule has 0 unspecified atom stereocenters. The van der Waals surface area contributed by atoms with Gasteiger partial charge in [0.1, 0.15) is 11.6 Å². The largest absolute Gasteiger partial charge is 0.480 e. The molecule has 0 aromatic heterocycles. The van der Waals surface area contributed by atoms with E-state index >= 15 is 0 Å². The molecule has 1 amide bonds. The summed E-state index contributed by atoms with van der Waals surface area (Å²) in [5, 5.41) is 9.39. The topological polar surface area (TPSA) is 76.1 Å². The molecular weight excluding hydrogens is 359 g/mol. The van der Waals surface area contributed by atoms with Crippen LogP contribution in [-0.2, 0) is 14.0 Å². The smallest absolute Gasteiger partial charge is 0.416 e. The summed E-state index contributed by atoms with van der Waals surface area (Å²) in [5.74, 6) is -1.52. The molecule has 1 saturated heterocycles. The number of carbonyl (C=O) groups is 2. The van der Waals surface area contributed by atoms with Crippen LogP contribution in [0.4, 0.5) is 18.0 Å². The van der Waals surface area contributed by atoms with E-state index in [1.54, 1.807) is 40.4 Å². The van der Waals surface area contributed by atoms with Crippen molar-refractivity contribution in [1.29, 1.82) is 0 Å². The highest BCUT2D eigenvalue weighted by Crippen LogP contribution is 2.45. The van der Waals surface area contributed by atoms with Crippen LogP contribution < -0.4 is 0 Å². The van der Waals surface area contributed by atoms with Gasteiger partial charge in [0.15, 0.2) is 13.9 Å². The Hall–Kier alpha value is -1.29. The molecule has 1 fully saturated rings. The molecule has 1 aliphatic heterocycles. The van der Waals surface area contributed by atoms with E-state index in [0.29, 0.717) is 0 Å². The standard InChI is InChI=1S/C15H26F3NO5Si/c1-13(2,3)23-12(22)19-8-7-14(15(16,17)18,24-25(4,5)6)9-10(19)11(20)21/h10H,7-9H2,1-6H3,(H,20,21)/t10-,14+/m1/s1. The number of nitrogens with zero attached hydrogens (tertiary/aromatic N) is 1. The van der Waals surface area contributed by atoms with Gasteiger partial charge in [-0.25, -0.2) is 9.59 Å². The Labute approximate surface area is 146 Å². The minimum absolute atomic E-state index is 0.407. The number of aliphatic carboxylic acids is 1. The van der Waals surface area contributed by atoms with Gasteiger partial charge in [0.25, 0.3) is 0 Å². The number of amides is 1. The van der Waals surface area contributed by atoms with Crippen LogP contribution in [0, 0.1) is 0 Å². The normalized spacial score (nSPS) is 25.6. The maximum Gasteiger partial charge on any atom is 0.416 e. The number of alkyl halides is 3. The molecule has 6 nitrogen and oxygen atoms in total. The molecule has 1 N–H and O–H groups in total. The average molecular weight is 385 g/mol. The first-order valence-electron chi connectivity index (χ1n) is 7.97. The molecule has 25 heavy (non-hydrogen) atoms. The van der Waals surface area contributed by atoms with Crippen LogP contribution in [0.2, 0.25) is 19.6 Å². The summed E-state index contributed by atoms with van der Waals surface area (Å²) in [5.41, 5.74) is -3.45. The molecule has 0 spiro atoms. The maximum absolute atomic E-state index is 13.7. The Bertz CT molecular complexity index is 527. The second-order valence-corrected chi connectivity index (χ2v) is 12.6. The molecule has 0 saturated carbocycles. The van der Waals surface area contributed by atoms with Crippen molar-refractivity contribution in [2.45, 2.75) is 76.7 Å². The van der Waals surface area contributed by atoms with Crippen molar-refractivity contribution in [2.24, 2.45) is 0 Å². The molecule has 0 aliphatic carbocycles. The van der Waals surface area contributed by atoms with Crippen molar-refractivity contribution in [2.75, 3.05) is 6.54 Å². The van der Waals surface area contributed by atoms with Crippen LogP contribution in [0.1, 0.15) is 33.6 Å². The van der Waals surface area contributed by atoms with Gasteiger partial charge in [0, 0.05) is 19.4 Å². The number of carboxylic acid groups (broad SMARTS) is 1. The van der Waals surface area contributed by atoms with Gasteiger partial charge in [-0.1, -0.05) is 0 Å². The SMILES string of the molecule is CC(C)(C)OC(=O)N1CC[C@@](O[Si](C)(C)C)(C(F)(F)F)C[C@@H]1C(=O)O.